The number of nitrogens with two attached hydrogens (primary N) is 1. The number of rotatable bonds is 7. The van der Waals surface area contributed by atoms with E-state index >= 15 is 0 Å². The van der Waals surface area contributed by atoms with E-state index in [9.17, 15) is 14.7 Å². The molecule has 0 unspecified atom stereocenters. The second-order valence-corrected chi connectivity index (χ2v) is 4.87. The summed E-state index contributed by atoms with van der Waals surface area (Å²) in [5.41, 5.74) is 5.14. The molecule has 0 aliphatic carbocycles. The molecule has 0 aromatic rings. The van der Waals surface area contributed by atoms with Crippen LogP contribution < -0.4 is 11.1 Å². The Bertz CT molecular complexity index is 336. The molecule has 0 rings (SSSR count). The second-order valence-electron chi connectivity index (χ2n) is 4.87. The molecular weight excluding hydrogens is 234 g/mol. The minimum absolute atomic E-state index is 0.145. The number of nitrogens with one attached hydrogen (secondary N) is 1. The van der Waals surface area contributed by atoms with E-state index in [4.69, 9.17) is 11.0 Å². The maximum absolute atomic E-state index is 11.6. The van der Waals surface area contributed by atoms with E-state index in [2.05, 4.69) is 5.32 Å². The summed E-state index contributed by atoms with van der Waals surface area (Å²) in [6.45, 7) is 5.38. The summed E-state index contributed by atoms with van der Waals surface area (Å²) in [5.74, 6) is -1.57. The predicted molar refractivity (Wildman–Crippen MR) is 66.0 cm³/mol. The van der Waals surface area contributed by atoms with Gasteiger partial charge < -0.3 is 16.2 Å². The Hall–Kier alpha value is -1.61. The number of nitriles is 1. The van der Waals surface area contributed by atoms with Crippen LogP contribution in [0.4, 0.5) is 0 Å². The Morgan fingerprint density at radius 3 is 2.28 bits per heavy atom. The third-order valence-electron chi connectivity index (χ3n) is 2.47. The smallest absolute Gasteiger partial charge is 0.249 e. The molecule has 4 N–H and O–H groups in total. The molecule has 6 heteroatoms. The first-order valence-electron chi connectivity index (χ1n) is 5.95. The van der Waals surface area contributed by atoms with Gasteiger partial charge in [0, 0.05) is 5.92 Å². The van der Waals surface area contributed by atoms with Gasteiger partial charge in [-0.2, -0.15) is 5.26 Å². The molecular formula is C12H21N3O3. The molecule has 0 aromatic carbocycles. The minimum Gasteiger partial charge on any atom is -0.383 e. The monoisotopic (exact) mass is 255 g/mol. The van der Waals surface area contributed by atoms with Crippen molar-refractivity contribution in [3.63, 3.8) is 0 Å². The Balaban J connectivity index is 4.46. The number of hydrogen-bond donors (Lipinski definition) is 3. The van der Waals surface area contributed by atoms with Crippen LogP contribution in [0.2, 0.25) is 0 Å². The minimum atomic E-state index is -1.16. The van der Waals surface area contributed by atoms with Crippen molar-refractivity contribution in [2.45, 2.75) is 45.8 Å². The van der Waals surface area contributed by atoms with Crippen molar-refractivity contribution in [1.82, 2.24) is 5.32 Å². The molecule has 0 saturated heterocycles. The average molecular weight is 255 g/mol. The number of amides is 2. The fraction of sp³-hybridized carbons (Fsp3) is 0.750. The van der Waals surface area contributed by atoms with Gasteiger partial charge in [-0.25, -0.2) is 0 Å². The number of carbonyl (C=O) groups excluding carboxylic acids is 2. The second kappa shape index (κ2) is 7.67. The molecule has 0 spiro atoms. The summed E-state index contributed by atoms with van der Waals surface area (Å²) in [7, 11) is 0. The number of aliphatic hydroxyl groups is 1. The number of primary amides is 1. The molecule has 0 fully saturated rings. The van der Waals surface area contributed by atoms with E-state index in [1.807, 2.05) is 19.9 Å². The number of aliphatic hydroxyl groups excluding tert-OH is 1. The van der Waals surface area contributed by atoms with E-state index < -0.39 is 29.9 Å². The lowest BCUT2D eigenvalue weighted by Crippen LogP contribution is -2.48. The SMILES string of the molecule is CC(C)C[C@H](O)C(=O)N[C@@H](C[C@H](C)C#N)C(N)=O. The van der Waals surface area contributed by atoms with Crippen LogP contribution in [0.25, 0.3) is 0 Å². The highest BCUT2D eigenvalue weighted by atomic mass is 16.3. The fourth-order valence-corrected chi connectivity index (χ4v) is 1.47. The number of hydrogen-bond acceptors (Lipinski definition) is 4. The zero-order chi connectivity index (χ0) is 14.3. The van der Waals surface area contributed by atoms with Gasteiger partial charge in [0.1, 0.15) is 12.1 Å². The quantitative estimate of drug-likeness (QED) is 0.589. The Morgan fingerprint density at radius 1 is 1.33 bits per heavy atom. The molecule has 6 nitrogen and oxygen atoms in total. The van der Waals surface area contributed by atoms with E-state index in [-0.39, 0.29) is 12.3 Å². The highest BCUT2D eigenvalue weighted by Gasteiger charge is 2.24. The molecule has 0 aliphatic heterocycles. The lowest BCUT2D eigenvalue weighted by atomic mass is 10.0. The lowest BCUT2D eigenvalue weighted by molar-refractivity contribution is -0.134. The Labute approximate surface area is 107 Å². The standard InChI is InChI=1S/C12H21N3O3/c1-7(2)4-10(16)12(18)15-9(11(14)17)5-8(3)6-13/h7-10,16H,4-5H2,1-3H3,(H2,14,17)(H,15,18)/t8-,9-,10-/m0/s1. The third-order valence-corrected chi connectivity index (χ3v) is 2.47. The zero-order valence-corrected chi connectivity index (χ0v) is 11.0. The summed E-state index contributed by atoms with van der Waals surface area (Å²) >= 11 is 0. The normalized spacial score (nSPS) is 15.6. The molecule has 2 amide bonds. The summed E-state index contributed by atoms with van der Waals surface area (Å²) in [6, 6.07) is 1.04. The summed E-state index contributed by atoms with van der Waals surface area (Å²) in [4.78, 5) is 22.8. The molecule has 18 heavy (non-hydrogen) atoms. The summed E-state index contributed by atoms with van der Waals surface area (Å²) < 4.78 is 0. The van der Waals surface area contributed by atoms with Crippen molar-refractivity contribution in [2.75, 3.05) is 0 Å². The van der Waals surface area contributed by atoms with Gasteiger partial charge in [-0.3, -0.25) is 9.59 Å². The van der Waals surface area contributed by atoms with Gasteiger partial charge in [-0.05, 0) is 25.7 Å². The van der Waals surface area contributed by atoms with E-state index in [1.54, 1.807) is 6.92 Å². The van der Waals surface area contributed by atoms with Crippen LogP contribution in [0, 0.1) is 23.2 Å². The third kappa shape index (κ3) is 6.21. The van der Waals surface area contributed by atoms with Crippen molar-refractivity contribution in [2.24, 2.45) is 17.6 Å². The highest BCUT2D eigenvalue weighted by Crippen LogP contribution is 2.07. The first kappa shape index (κ1) is 16.4. The van der Waals surface area contributed by atoms with Crippen LogP contribution in [0.1, 0.15) is 33.6 Å². The van der Waals surface area contributed by atoms with Crippen LogP contribution in [-0.4, -0.2) is 29.1 Å². The van der Waals surface area contributed by atoms with Gasteiger partial charge >= 0.3 is 0 Å². The molecule has 0 aliphatic rings. The molecule has 0 saturated carbocycles. The van der Waals surface area contributed by atoms with Gasteiger partial charge in [0.15, 0.2) is 0 Å². The van der Waals surface area contributed by atoms with Crippen molar-refractivity contribution in [3.8, 4) is 6.07 Å². The van der Waals surface area contributed by atoms with Crippen LogP contribution in [-0.2, 0) is 9.59 Å². The number of nitrogens with zero attached hydrogens (tertiary/aromatic N) is 1. The fourth-order valence-electron chi connectivity index (χ4n) is 1.47. The van der Waals surface area contributed by atoms with Crippen molar-refractivity contribution >= 4 is 11.8 Å². The van der Waals surface area contributed by atoms with Crippen LogP contribution in [0.5, 0.6) is 0 Å². The molecule has 0 heterocycles. The molecule has 3 atom stereocenters. The first-order chi connectivity index (χ1) is 8.27. The average Bonchev–Trinajstić information content (AvgIpc) is 2.26. The zero-order valence-electron chi connectivity index (χ0n) is 11.0. The molecule has 102 valence electrons. The van der Waals surface area contributed by atoms with E-state index in [1.165, 1.54) is 0 Å². The van der Waals surface area contributed by atoms with Crippen LogP contribution in [0.15, 0.2) is 0 Å². The van der Waals surface area contributed by atoms with Crippen LogP contribution >= 0.6 is 0 Å². The maximum atomic E-state index is 11.6. The van der Waals surface area contributed by atoms with Gasteiger partial charge in [-0.15, -0.1) is 0 Å². The highest BCUT2D eigenvalue weighted by molar-refractivity contribution is 5.88. The van der Waals surface area contributed by atoms with Gasteiger partial charge in [0.2, 0.25) is 11.8 Å². The van der Waals surface area contributed by atoms with Gasteiger partial charge in [-0.1, -0.05) is 13.8 Å². The molecule has 0 bridgehead atoms. The summed E-state index contributed by atoms with van der Waals surface area (Å²) in [6.07, 6.45) is -0.707. The maximum Gasteiger partial charge on any atom is 0.249 e. The topological polar surface area (TPSA) is 116 Å². The van der Waals surface area contributed by atoms with E-state index in [0.717, 1.165) is 0 Å². The largest absolute Gasteiger partial charge is 0.383 e. The summed E-state index contributed by atoms with van der Waals surface area (Å²) in [5, 5.41) is 20.6. The van der Waals surface area contributed by atoms with Gasteiger partial charge in [0.25, 0.3) is 0 Å². The van der Waals surface area contributed by atoms with Crippen molar-refractivity contribution in [3.05, 3.63) is 0 Å². The van der Waals surface area contributed by atoms with Crippen molar-refractivity contribution < 1.29 is 14.7 Å². The van der Waals surface area contributed by atoms with Crippen LogP contribution in [0.3, 0.4) is 0 Å². The lowest BCUT2D eigenvalue weighted by Gasteiger charge is -2.19. The molecule has 0 radical (unpaired) electrons. The predicted octanol–water partition coefficient (Wildman–Crippen LogP) is -0.0867. The molecule has 0 aromatic heterocycles. The van der Waals surface area contributed by atoms with Crippen molar-refractivity contribution in [1.29, 1.82) is 5.26 Å². The Morgan fingerprint density at radius 2 is 1.89 bits per heavy atom. The number of carbonyl (C=O) groups is 2. The van der Waals surface area contributed by atoms with E-state index in [0.29, 0.717) is 6.42 Å². The Kier molecular flexibility index (Phi) is 6.98. The first-order valence-corrected chi connectivity index (χ1v) is 5.95. The van der Waals surface area contributed by atoms with Gasteiger partial charge in [0.05, 0.1) is 6.07 Å².